The standard InChI is InChI=1S/C10H17ClO2/c1-7(5-11)4-8-6-13-10(2,3)9(8)12/h5,8-9,12H,4,6H2,1-3H3/b7-5+. The molecule has 0 radical (unpaired) electrons. The maximum atomic E-state index is 9.87. The van der Waals surface area contributed by atoms with Crippen LogP contribution in [0.25, 0.3) is 0 Å². The lowest BCUT2D eigenvalue weighted by Crippen LogP contribution is -2.35. The van der Waals surface area contributed by atoms with Gasteiger partial charge in [-0.3, -0.25) is 0 Å². The number of halogens is 1. The monoisotopic (exact) mass is 204 g/mol. The molecule has 1 aliphatic rings. The van der Waals surface area contributed by atoms with Crippen LogP contribution in [0.1, 0.15) is 27.2 Å². The van der Waals surface area contributed by atoms with Crippen molar-refractivity contribution in [2.45, 2.75) is 38.9 Å². The van der Waals surface area contributed by atoms with E-state index in [-0.39, 0.29) is 12.0 Å². The van der Waals surface area contributed by atoms with Crippen LogP contribution in [0.4, 0.5) is 0 Å². The molecule has 1 aliphatic heterocycles. The van der Waals surface area contributed by atoms with Crippen LogP contribution in [-0.2, 0) is 4.74 Å². The molecule has 0 bridgehead atoms. The SMILES string of the molecule is C/C(=C\Cl)CC1COC(C)(C)C1O. The van der Waals surface area contributed by atoms with Crippen LogP contribution >= 0.6 is 11.6 Å². The minimum absolute atomic E-state index is 0.185. The van der Waals surface area contributed by atoms with E-state index in [0.29, 0.717) is 6.61 Å². The summed E-state index contributed by atoms with van der Waals surface area (Å²) in [5, 5.41) is 9.87. The van der Waals surface area contributed by atoms with Crippen molar-refractivity contribution >= 4 is 11.6 Å². The molecule has 1 fully saturated rings. The molecule has 2 unspecified atom stereocenters. The van der Waals surface area contributed by atoms with Gasteiger partial charge >= 0.3 is 0 Å². The van der Waals surface area contributed by atoms with Gasteiger partial charge in [0.2, 0.25) is 0 Å². The minimum Gasteiger partial charge on any atom is -0.390 e. The third-order valence-corrected chi connectivity index (χ3v) is 2.97. The molecule has 76 valence electrons. The molecule has 0 spiro atoms. The number of allylic oxidation sites excluding steroid dienone is 1. The van der Waals surface area contributed by atoms with Gasteiger partial charge in [-0.15, -0.1) is 0 Å². The third kappa shape index (κ3) is 2.46. The van der Waals surface area contributed by atoms with Gasteiger partial charge in [-0.2, -0.15) is 0 Å². The fourth-order valence-corrected chi connectivity index (χ4v) is 1.78. The zero-order valence-electron chi connectivity index (χ0n) is 8.38. The summed E-state index contributed by atoms with van der Waals surface area (Å²) < 4.78 is 5.49. The Morgan fingerprint density at radius 1 is 1.69 bits per heavy atom. The second-order valence-electron chi connectivity index (χ2n) is 4.28. The maximum absolute atomic E-state index is 9.87. The van der Waals surface area contributed by atoms with Crippen LogP contribution in [0.5, 0.6) is 0 Å². The average Bonchev–Trinajstić information content (AvgIpc) is 2.32. The first-order valence-electron chi connectivity index (χ1n) is 4.55. The Kier molecular flexibility index (Phi) is 3.38. The normalized spacial score (nSPS) is 33.8. The quantitative estimate of drug-likeness (QED) is 0.748. The minimum atomic E-state index is -0.405. The van der Waals surface area contributed by atoms with Gasteiger partial charge in [-0.25, -0.2) is 0 Å². The fourth-order valence-electron chi connectivity index (χ4n) is 1.69. The number of aliphatic hydroxyl groups is 1. The summed E-state index contributed by atoms with van der Waals surface area (Å²) in [6, 6.07) is 0. The van der Waals surface area contributed by atoms with E-state index in [1.54, 1.807) is 5.54 Å². The molecule has 0 aromatic heterocycles. The van der Waals surface area contributed by atoms with Crippen LogP contribution in [0.2, 0.25) is 0 Å². The van der Waals surface area contributed by atoms with Crippen molar-refractivity contribution in [1.82, 2.24) is 0 Å². The summed E-state index contributed by atoms with van der Waals surface area (Å²) in [7, 11) is 0. The van der Waals surface area contributed by atoms with Crippen molar-refractivity contribution in [2.24, 2.45) is 5.92 Å². The molecule has 13 heavy (non-hydrogen) atoms. The van der Waals surface area contributed by atoms with E-state index in [2.05, 4.69) is 0 Å². The lowest BCUT2D eigenvalue weighted by atomic mass is 9.90. The average molecular weight is 205 g/mol. The lowest BCUT2D eigenvalue weighted by molar-refractivity contribution is -0.0311. The Balaban J connectivity index is 2.56. The van der Waals surface area contributed by atoms with E-state index in [1.807, 2.05) is 20.8 Å². The number of rotatable bonds is 2. The highest BCUT2D eigenvalue weighted by Crippen LogP contribution is 2.33. The summed E-state index contributed by atoms with van der Waals surface area (Å²) in [5.41, 5.74) is 2.25. The molecule has 0 saturated carbocycles. The molecule has 2 atom stereocenters. The molecular formula is C10H17ClO2. The van der Waals surface area contributed by atoms with Gasteiger partial charge in [-0.05, 0) is 27.2 Å². The van der Waals surface area contributed by atoms with Crippen LogP contribution in [0.15, 0.2) is 11.1 Å². The Labute approximate surface area is 84.5 Å². The van der Waals surface area contributed by atoms with E-state index in [9.17, 15) is 5.11 Å². The van der Waals surface area contributed by atoms with Crippen LogP contribution in [0, 0.1) is 5.92 Å². The van der Waals surface area contributed by atoms with Gasteiger partial charge in [0.05, 0.1) is 18.3 Å². The lowest BCUT2D eigenvalue weighted by Gasteiger charge is -2.23. The third-order valence-electron chi connectivity index (χ3n) is 2.60. The number of ether oxygens (including phenoxy) is 1. The molecule has 0 aromatic rings. The molecular weight excluding hydrogens is 188 g/mol. The second-order valence-corrected chi connectivity index (χ2v) is 4.50. The highest BCUT2D eigenvalue weighted by Gasteiger charge is 2.41. The summed E-state index contributed by atoms with van der Waals surface area (Å²) in [6.45, 7) is 6.41. The van der Waals surface area contributed by atoms with Gasteiger partial charge in [0, 0.05) is 11.5 Å². The van der Waals surface area contributed by atoms with Gasteiger partial charge in [0.1, 0.15) is 0 Å². The Bertz CT molecular complexity index is 211. The second kappa shape index (κ2) is 3.99. The van der Waals surface area contributed by atoms with E-state index >= 15 is 0 Å². The predicted molar refractivity (Wildman–Crippen MR) is 53.8 cm³/mol. The zero-order chi connectivity index (χ0) is 10.1. The summed E-state index contributed by atoms with van der Waals surface area (Å²) in [6.07, 6.45) is 0.424. The Hall–Kier alpha value is -0.0500. The van der Waals surface area contributed by atoms with Crippen LogP contribution < -0.4 is 0 Å². The maximum Gasteiger partial charge on any atom is 0.0888 e. The Morgan fingerprint density at radius 3 is 2.69 bits per heavy atom. The van der Waals surface area contributed by atoms with Crippen molar-refractivity contribution < 1.29 is 9.84 Å². The summed E-state index contributed by atoms with van der Waals surface area (Å²) in [5.74, 6) is 0.185. The number of hydrogen-bond donors (Lipinski definition) is 1. The zero-order valence-corrected chi connectivity index (χ0v) is 9.14. The molecule has 0 aliphatic carbocycles. The molecule has 1 saturated heterocycles. The molecule has 1 rings (SSSR count). The van der Waals surface area contributed by atoms with Crippen molar-refractivity contribution in [3.63, 3.8) is 0 Å². The Morgan fingerprint density at radius 2 is 2.31 bits per heavy atom. The van der Waals surface area contributed by atoms with Crippen LogP contribution in [-0.4, -0.2) is 23.4 Å². The van der Waals surface area contributed by atoms with E-state index in [1.165, 1.54) is 0 Å². The molecule has 1 N–H and O–H groups in total. The molecule has 3 heteroatoms. The highest BCUT2D eigenvalue weighted by molar-refractivity contribution is 6.25. The largest absolute Gasteiger partial charge is 0.390 e. The van der Waals surface area contributed by atoms with Gasteiger partial charge in [0.25, 0.3) is 0 Å². The van der Waals surface area contributed by atoms with Crippen molar-refractivity contribution in [3.05, 3.63) is 11.1 Å². The highest BCUT2D eigenvalue weighted by atomic mass is 35.5. The first-order chi connectivity index (χ1) is 5.97. The molecule has 2 nitrogen and oxygen atoms in total. The van der Waals surface area contributed by atoms with Crippen molar-refractivity contribution in [2.75, 3.05) is 6.61 Å². The van der Waals surface area contributed by atoms with E-state index in [0.717, 1.165) is 12.0 Å². The molecule has 1 heterocycles. The topological polar surface area (TPSA) is 29.5 Å². The first-order valence-corrected chi connectivity index (χ1v) is 4.99. The van der Waals surface area contributed by atoms with Gasteiger partial charge in [-0.1, -0.05) is 17.2 Å². The van der Waals surface area contributed by atoms with E-state index < -0.39 is 5.60 Å². The number of hydrogen-bond acceptors (Lipinski definition) is 2. The molecule has 0 amide bonds. The van der Waals surface area contributed by atoms with Crippen molar-refractivity contribution in [1.29, 1.82) is 0 Å². The summed E-state index contributed by atoms with van der Waals surface area (Å²) >= 11 is 5.56. The van der Waals surface area contributed by atoms with Gasteiger partial charge < -0.3 is 9.84 Å². The predicted octanol–water partition coefficient (Wildman–Crippen LogP) is 2.31. The fraction of sp³-hybridized carbons (Fsp3) is 0.800. The van der Waals surface area contributed by atoms with Crippen molar-refractivity contribution in [3.8, 4) is 0 Å². The number of aliphatic hydroxyl groups excluding tert-OH is 1. The van der Waals surface area contributed by atoms with E-state index in [4.69, 9.17) is 16.3 Å². The summed E-state index contributed by atoms with van der Waals surface area (Å²) in [4.78, 5) is 0. The molecule has 0 aromatic carbocycles. The smallest absolute Gasteiger partial charge is 0.0888 e. The van der Waals surface area contributed by atoms with Gasteiger partial charge in [0.15, 0.2) is 0 Å². The first kappa shape index (κ1) is 11.0. The van der Waals surface area contributed by atoms with Crippen LogP contribution in [0.3, 0.4) is 0 Å².